The third-order valence-corrected chi connectivity index (χ3v) is 5.80. The van der Waals surface area contributed by atoms with Crippen LogP contribution >= 0.6 is 11.8 Å². The SMILES string of the molecule is C=CCOc1ccc(/C=C/C(=O)N2CSCC2C(=O)Nc2ccc(OC)cc2)cc1OC. The van der Waals surface area contributed by atoms with Crippen LogP contribution in [-0.2, 0) is 9.59 Å². The highest BCUT2D eigenvalue weighted by Crippen LogP contribution is 2.29. The Labute approximate surface area is 192 Å². The third kappa shape index (κ3) is 5.85. The minimum absolute atomic E-state index is 0.215. The highest BCUT2D eigenvalue weighted by Gasteiger charge is 2.33. The van der Waals surface area contributed by atoms with E-state index >= 15 is 0 Å². The van der Waals surface area contributed by atoms with Gasteiger partial charge in [0.1, 0.15) is 18.4 Å². The number of carbonyl (C=O) groups excluding carboxylic acids is 2. The number of rotatable bonds is 9. The molecule has 0 saturated carbocycles. The zero-order valence-electron chi connectivity index (χ0n) is 18.1. The first kappa shape index (κ1) is 23.3. The second-order valence-corrected chi connectivity index (χ2v) is 7.88. The van der Waals surface area contributed by atoms with Crippen LogP contribution in [0.1, 0.15) is 5.56 Å². The van der Waals surface area contributed by atoms with E-state index < -0.39 is 6.04 Å². The number of thioether (sulfide) groups is 1. The highest BCUT2D eigenvalue weighted by atomic mass is 32.2. The summed E-state index contributed by atoms with van der Waals surface area (Å²) < 4.78 is 16.0. The van der Waals surface area contributed by atoms with Crippen molar-refractivity contribution >= 4 is 35.3 Å². The summed E-state index contributed by atoms with van der Waals surface area (Å²) in [5.41, 5.74) is 1.44. The van der Waals surface area contributed by atoms with E-state index in [1.54, 1.807) is 79.4 Å². The fourth-order valence-electron chi connectivity index (χ4n) is 3.10. The van der Waals surface area contributed by atoms with Gasteiger partial charge in [0.15, 0.2) is 11.5 Å². The van der Waals surface area contributed by atoms with Crippen molar-refractivity contribution in [1.82, 2.24) is 4.90 Å². The molecule has 0 bridgehead atoms. The Bertz CT molecular complexity index is 990. The minimum Gasteiger partial charge on any atom is -0.497 e. The normalized spacial score (nSPS) is 15.4. The second kappa shape index (κ2) is 11.3. The van der Waals surface area contributed by atoms with E-state index in [0.29, 0.717) is 41.2 Å². The number of hydrogen-bond donors (Lipinski definition) is 1. The number of anilines is 1. The molecule has 1 saturated heterocycles. The molecule has 7 nitrogen and oxygen atoms in total. The van der Waals surface area contributed by atoms with Crippen LogP contribution in [0.2, 0.25) is 0 Å². The summed E-state index contributed by atoms with van der Waals surface area (Å²) in [6.07, 6.45) is 4.82. The van der Waals surface area contributed by atoms with Crippen LogP contribution < -0.4 is 19.5 Å². The zero-order chi connectivity index (χ0) is 22.9. The number of ether oxygens (including phenoxy) is 3. The van der Waals surface area contributed by atoms with E-state index in [0.717, 1.165) is 5.56 Å². The molecule has 168 valence electrons. The molecule has 1 fully saturated rings. The number of hydrogen-bond acceptors (Lipinski definition) is 6. The summed E-state index contributed by atoms with van der Waals surface area (Å²) in [6.45, 7) is 4.00. The van der Waals surface area contributed by atoms with Crippen molar-refractivity contribution in [3.63, 3.8) is 0 Å². The molecule has 2 aromatic rings. The maximum absolute atomic E-state index is 12.8. The summed E-state index contributed by atoms with van der Waals surface area (Å²) in [5, 5.41) is 2.87. The molecule has 0 aromatic heterocycles. The van der Waals surface area contributed by atoms with Gasteiger partial charge < -0.3 is 24.4 Å². The second-order valence-electron chi connectivity index (χ2n) is 6.88. The molecule has 1 unspecified atom stereocenters. The molecule has 0 radical (unpaired) electrons. The molecular weight excluding hydrogens is 428 g/mol. The Morgan fingerprint density at radius 1 is 1.16 bits per heavy atom. The number of amides is 2. The predicted molar refractivity (Wildman–Crippen MR) is 127 cm³/mol. The van der Waals surface area contributed by atoms with Crippen molar-refractivity contribution in [2.45, 2.75) is 6.04 Å². The average molecular weight is 455 g/mol. The zero-order valence-corrected chi connectivity index (χ0v) is 18.9. The lowest BCUT2D eigenvalue weighted by Gasteiger charge is -2.21. The fraction of sp³-hybridized carbons (Fsp3) is 0.250. The molecule has 2 aromatic carbocycles. The number of nitrogens with zero attached hydrogens (tertiary/aromatic N) is 1. The van der Waals surface area contributed by atoms with E-state index in [9.17, 15) is 9.59 Å². The topological polar surface area (TPSA) is 77.1 Å². The molecule has 8 heteroatoms. The molecule has 1 aliphatic heterocycles. The van der Waals surface area contributed by atoms with Crippen LogP contribution in [0.25, 0.3) is 6.08 Å². The van der Waals surface area contributed by atoms with Gasteiger partial charge in [-0.25, -0.2) is 0 Å². The molecule has 2 amide bonds. The molecule has 3 rings (SSSR count). The van der Waals surface area contributed by atoms with Crippen molar-refractivity contribution in [2.75, 3.05) is 37.8 Å². The first-order valence-electron chi connectivity index (χ1n) is 9.98. The standard InChI is InChI=1S/C24H26N2O5S/c1-4-13-31-21-11-5-17(14-22(21)30-3)6-12-23(27)26-16-32-15-20(26)24(28)25-18-7-9-19(29-2)10-8-18/h4-12,14,20H,1,13,15-16H2,2-3H3,(H,25,28)/b12-6+. The Morgan fingerprint density at radius 2 is 1.94 bits per heavy atom. The van der Waals surface area contributed by atoms with E-state index in [1.807, 2.05) is 6.07 Å². The number of carbonyl (C=O) groups is 2. The largest absolute Gasteiger partial charge is 0.497 e. The molecule has 0 aliphatic carbocycles. The van der Waals surface area contributed by atoms with Crippen LogP contribution in [0.3, 0.4) is 0 Å². The molecule has 1 aliphatic rings. The Morgan fingerprint density at radius 3 is 2.62 bits per heavy atom. The van der Waals surface area contributed by atoms with Crippen LogP contribution in [-0.4, -0.2) is 55.2 Å². The van der Waals surface area contributed by atoms with Crippen molar-refractivity contribution in [2.24, 2.45) is 0 Å². The van der Waals surface area contributed by atoms with E-state index in [1.165, 1.54) is 6.08 Å². The first-order valence-corrected chi connectivity index (χ1v) is 11.1. The quantitative estimate of drug-likeness (QED) is 0.459. The molecule has 32 heavy (non-hydrogen) atoms. The molecule has 1 N–H and O–H groups in total. The number of benzene rings is 2. The lowest BCUT2D eigenvalue weighted by atomic mass is 10.1. The van der Waals surface area contributed by atoms with Gasteiger partial charge in [0, 0.05) is 17.5 Å². The Kier molecular flexibility index (Phi) is 8.21. The maximum Gasteiger partial charge on any atom is 0.248 e. The van der Waals surface area contributed by atoms with Crippen LogP contribution in [0.15, 0.2) is 61.2 Å². The van der Waals surface area contributed by atoms with Crippen LogP contribution in [0.4, 0.5) is 5.69 Å². The van der Waals surface area contributed by atoms with Gasteiger partial charge in [-0.1, -0.05) is 18.7 Å². The van der Waals surface area contributed by atoms with Gasteiger partial charge in [-0.3, -0.25) is 9.59 Å². The van der Waals surface area contributed by atoms with Gasteiger partial charge in [-0.2, -0.15) is 0 Å². The van der Waals surface area contributed by atoms with Crippen LogP contribution in [0.5, 0.6) is 17.2 Å². The monoisotopic (exact) mass is 454 g/mol. The van der Waals surface area contributed by atoms with Gasteiger partial charge in [0.25, 0.3) is 0 Å². The summed E-state index contributed by atoms with van der Waals surface area (Å²) in [5.74, 6) is 2.44. The van der Waals surface area contributed by atoms with Crippen molar-refractivity contribution < 1.29 is 23.8 Å². The van der Waals surface area contributed by atoms with E-state index in [2.05, 4.69) is 11.9 Å². The first-order chi connectivity index (χ1) is 15.5. The summed E-state index contributed by atoms with van der Waals surface area (Å²) in [6, 6.07) is 11.9. The van der Waals surface area contributed by atoms with Crippen molar-refractivity contribution in [3.05, 3.63) is 66.8 Å². The van der Waals surface area contributed by atoms with Crippen molar-refractivity contribution in [1.29, 1.82) is 0 Å². The molecular formula is C24H26N2O5S. The van der Waals surface area contributed by atoms with E-state index in [4.69, 9.17) is 14.2 Å². The molecule has 1 heterocycles. The van der Waals surface area contributed by atoms with Gasteiger partial charge in [0.05, 0.1) is 20.1 Å². The third-order valence-electron chi connectivity index (χ3n) is 4.79. The Balaban J connectivity index is 1.65. The lowest BCUT2D eigenvalue weighted by molar-refractivity contribution is -0.132. The highest BCUT2D eigenvalue weighted by molar-refractivity contribution is 7.99. The van der Waals surface area contributed by atoms with Crippen LogP contribution in [0, 0.1) is 0 Å². The molecule has 0 spiro atoms. The average Bonchev–Trinajstić information content (AvgIpc) is 3.32. The van der Waals surface area contributed by atoms with Gasteiger partial charge in [0.2, 0.25) is 11.8 Å². The Hall–Kier alpha value is -3.39. The minimum atomic E-state index is -0.538. The number of nitrogens with one attached hydrogen (secondary N) is 1. The van der Waals surface area contributed by atoms with Gasteiger partial charge >= 0.3 is 0 Å². The fourth-order valence-corrected chi connectivity index (χ4v) is 4.26. The predicted octanol–water partition coefficient (Wildman–Crippen LogP) is 3.82. The summed E-state index contributed by atoms with van der Waals surface area (Å²) in [7, 11) is 3.14. The van der Waals surface area contributed by atoms with Gasteiger partial charge in [-0.05, 0) is 48.0 Å². The summed E-state index contributed by atoms with van der Waals surface area (Å²) >= 11 is 1.55. The summed E-state index contributed by atoms with van der Waals surface area (Å²) in [4.78, 5) is 27.1. The van der Waals surface area contributed by atoms with Crippen molar-refractivity contribution in [3.8, 4) is 17.2 Å². The molecule has 1 atom stereocenters. The smallest absolute Gasteiger partial charge is 0.248 e. The lowest BCUT2D eigenvalue weighted by Crippen LogP contribution is -2.43. The number of methoxy groups -OCH3 is 2. The van der Waals surface area contributed by atoms with Gasteiger partial charge in [-0.15, -0.1) is 11.8 Å². The maximum atomic E-state index is 12.8. The van der Waals surface area contributed by atoms with E-state index in [-0.39, 0.29) is 11.8 Å².